The van der Waals surface area contributed by atoms with Gasteiger partial charge in [0.2, 0.25) is 5.91 Å². The number of carbonyl (C=O) groups is 2. The van der Waals surface area contributed by atoms with E-state index < -0.39 is 5.91 Å². The third-order valence-corrected chi connectivity index (χ3v) is 2.41. The van der Waals surface area contributed by atoms with Crippen LogP contribution in [0, 0.1) is 11.8 Å². The van der Waals surface area contributed by atoms with Crippen LogP contribution in [0.25, 0.3) is 0 Å². The van der Waals surface area contributed by atoms with Gasteiger partial charge in [-0.05, 0) is 12.1 Å². The van der Waals surface area contributed by atoms with E-state index in [0.29, 0.717) is 17.5 Å². The molecule has 21 heavy (non-hydrogen) atoms. The quantitative estimate of drug-likeness (QED) is 0.472. The molecule has 0 saturated carbocycles. The van der Waals surface area contributed by atoms with Crippen molar-refractivity contribution in [1.82, 2.24) is 5.32 Å². The average Bonchev–Trinajstić information content (AvgIpc) is 2.47. The number of carbonyl (C=O) groups excluding carboxylic acids is 2. The van der Waals surface area contributed by atoms with Crippen LogP contribution in [0.2, 0.25) is 0 Å². The lowest BCUT2D eigenvalue weighted by Crippen LogP contribution is -2.29. The molecule has 0 radical (unpaired) electrons. The van der Waals surface area contributed by atoms with E-state index in [-0.39, 0.29) is 32.3 Å². The van der Waals surface area contributed by atoms with Crippen molar-refractivity contribution >= 4 is 11.8 Å². The van der Waals surface area contributed by atoms with Gasteiger partial charge < -0.3 is 20.9 Å². The SMILES string of the molecule is NC(=O)COCCNC(=O)c1ccccc1C#CCCO. The van der Waals surface area contributed by atoms with Crippen LogP contribution in [0.1, 0.15) is 22.3 Å². The highest BCUT2D eigenvalue weighted by atomic mass is 16.5. The first-order valence-electron chi connectivity index (χ1n) is 6.48. The molecule has 0 fully saturated rings. The van der Waals surface area contributed by atoms with Gasteiger partial charge in [0.05, 0.1) is 18.8 Å². The molecule has 6 nitrogen and oxygen atoms in total. The summed E-state index contributed by atoms with van der Waals surface area (Å²) >= 11 is 0. The van der Waals surface area contributed by atoms with Crippen LogP contribution in [-0.4, -0.2) is 43.3 Å². The summed E-state index contributed by atoms with van der Waals surface area (Å²) in [4.78, 5) is 22.5. The fourth-order valence-corrected chi connectivity index (χ4v) is 1.51. The van der Waals surface area contributed by atoms with Gasteiger partial charge in [0.25, 0.3) is 5.91 Å². The summed E-state index contributed by atoms with van der Waals surface area (Å²) in [5, 5.41) is 11.4. The molecule has 1 aromatic carbocycles. The smallest absolute Gasteiger partial charge is 0.252 e. The van der Waals surface area contributed by atoms with Crippen molar-refractivity contribution in [2.45, 2.75) is 6.42 Å². The average molecular weight is 290 g/mol. The standard InChI is InChI=1S/C15H18N2O4/c16-14(19)11-21-10-8-17-15(20)13-7-2-1-5-12(13)6-3-4-9-18/h1-2,5,7,18H,4,8-11H2,(H2,16,19)(H,17,20). The number of aliphatic hydroxyl groups excluding tert-OH is 1. The summed E-state index contributed by atoms with van der Waals surface area (Å²) in [5.41, 5.74) is 5.97. The predicted molar refractivity (Wildman–Crippen MR) is 77.4 cm³/mol. The zero-order chi connectivity index (χ0) is 15.5. The number of nitrogens with one attached hydrogen (secondary N) is 1. The van der Waals surface area contributed by atoms with Crippen LogP contribution >= 0.6 is 0 Å². The third kappa shape index (κ3) is 6.56. The summed E-state index contributed by atoms with van der Waals surface area (Å²) in [6, 6.07) is 6.94. The largest absolute Gasteiger partial charge is 0.395 e. The molecular weight excluding hydrogens is 272 g/mol. The number of rotatable bonds is 7. The highest BCUT2D eigenvalue weighted by molar-refractivity contribution is 5.96. The van der Waals surface area contributed by atoms with Gasteiger partial charge in [0.1, 0.15) is 6.61 Å². The van der Waals surface area contributed by atoms with Crippen LogP contribution in [0.15, 0.2) is 24.3 Å². The molecule has 1 aromatic rings. The van der Waals surface area contributed by atoms with E-state index in [1.807, 2.05) is 0 Å². The number of primary amides is 1. The van der Waals surface area contributed by atoms with Crippen molar-refractivity contribution in [2.75, 3.05) is 26.4 Å². The summed E-state index contributed by atoms with van der Waals surface area (Å²) in [6.07, 6.45) is 0.358. The normalized spacial score (nSPS) is 9.57. The maximum absolute atomic E-state index is 12.0. The molecule has 0 aliphatic carbocycles. The van der Waals surface area contributed by atoms with Crippen molar-refractivity contribution in [3.05, 3.63) is 35.4 Å². The molecule has 4 N–H and O–H groups in total. The van der Waals surface area contributed by atoms with Gasteiger partial charge in [-0.15, -0.1) is 0 Å². The Labute approximate surface area is 123 Å². The lowest BCUT2D eigenvalue weighted by Gasteiger charge is -2.07. The maximum atomic E-state index is 12.0. The number of benzene rings is 1. The van der Waals surface area contributed by atoms with Crippen LogP contribution in [0.4, 0.5) is 0 Å². The summed E-state index contributed by atoms with van der Waals surface area (Å²) < 4.78 is 4.95. The number of amides is 2. The number of hydrogen-bond acceptors (Lipinski definition) is 4. The van der Waals surface area contributed by atoms with Gasteiger partial charge >= 0.3 is 0 Å². The number of aliphatic hydroxyl groups is 1. The third-order valence-electron chi connectivity index (χ3n) is 2.41. The van der Waals surface area contributed by atoms with E-state index in [1.54, 1.807) is 24.3 Å². The first-order chi connectivity index (χ1) is 10.1. The highest BCUT2D eigenvalue weighted by Gasteiger charge is 2.08. The summed E-state index contributed by atoms with van der Waals surface area (Å²) in [6.45, 7) is 0.287. The second-order valence-electron chi connectivity index (χ2n) is 4.10. The highest BCUT2D eigenvalue weighted by Crippen LogP contribution is 2.07. The molecule has 112 valence electrons. The Morgan fingerprint density at radius 2 is 2.10 bits per heavy atom. The van der Waals surface area contributed by atoms with Gasteiger partial charge in [-0.2, -0.15) is 0 Å². The minimum atomic E-state index is -0.550. The predicted octanol–water partition coefficient (Wildman–Crippen LogP) is -0.348. The molecule has 0 unspecified atom stereocenters. The van der Waals surface area contributed by atoms with Crippen LogP contribution < -0.4 is 11.1 Å². The van der Waals surface area contributed by atoms with E-state index in [1.165, 1.54) is 0 Å². The van der Waals surface area contributed by atoms with Crippen LogP contribution in [0.5, 0.6) is 0 Å². The van der Waals surface area contributed by atoms with Crippen molar-refractivity contribution in [2.24, 2.45) is 5.73 Å². The number of hydrogen-bond donors (Lipinski definition) is 3. The van der Waals surface area contributed by atoms with Crippen molar-refractivity contribution in [3.8, 4) is 11.8 Å². The van der Waals surface area contributed by atoms with E-state index >= 15 is 0 Å². The summed E-state index contributed by atoms with van der Waals surface area (Å²) in [7, 11) is 0. The lowest BCUT2D eigenvalue weighted by molar-refractivity contribution is -0.122. The second kappa shape index (κ2) is 9.53. The van der Waals surface area contributed by atoms with Crippen molar-refractivity contribution in [3.63, 3.8) is 0 Å². The molecule has 0 atom stereocenters. The van der Waals surface area contributed by atoms with Gasteiger partial charge in [-0.3, -0.25) is 9.59 Å². The Bertz CT molecular complexity index is 546. The molecule has 1 rings (SSSR count). The van der Waals surface area contributed by atoms with E-state index in [4.69, 9.17) is 15.6 Å². The van der Waals surface area contributed by atoms with E-state index in [2.05, 4.69) is 17.2 Å². The number of ether oxygens (including phenoxy) is 1. The number of nitrogens with two attached hydrogens (primary N) is 1. The fraction of sp³-hybridized carbons (Fsp3) is 0.333. The van der Waals surface area contributed by atoms with Crippen molar-refractivity contribution < 1.29 is 19.4 Å². The zero-order valence-corrected chi connectivity index (χ0v) is 11.6. The Kier molecular flexibility index (Phi) is 7.58. The zero-order valence-electron chi connectivity index (χ0n) is 11.6. The van der Waals surface area contributed by atoms with Gasteiger partial charge in [0.15, 0.2) is 0 Å². The molecule has 2 amide bonds. The molecule has 0 spiro atoms. The molecule has 0 aliphatic rings. The topological polar surface area (TPSA) is 102 Å². The van der Waals surface area contributed by atoms with Crippen LogP contribution in [0.3, 0.4) is 0 Å². The molecular formula is C15H18N2O4. The molecule has 0 heterocycles. The van der Waals surface area contributed by atoms with E-state index in [0.717, 1.165) is 0 Å². The monoisotopic (exact) mass is 290 g/mol. The fourth-order valence-electron chi connectivity index (χ4n) is 1.51. The molecule has 0 aromatic heterocycles. The first kappa shape index (κ1) is 16.7. The Morgan fingerprint density at radius 1 is 1.33 bits per heavy atom. The molecule has 0 bridgehead atoms. The Morgan fingerprint density at radius 3 is 2.81 bits per heavy atom. The van der Waals surface area contributed by atoms with E-state index in [9.17, 15) is 9.59 Å². The molecule has 6 heteroatoms. The second-order valence-corrected chi connectivity index (χ2v) is 4.10. The van der Waals surface area contributed by atoms with Gasteiger partial charge in [0, 0.05) is 18.5 Å². The first-order valence-corrected chi connectivity index (χ1v) is 6.48. The minimum Gasteiger partial charge on any atom is -0.395 e. The van der Waals surface area contributed by atoms with Gasteiger partial charge in [-0.25, -0.2) is 0 Å². The van der Waals surface area contributed by atoms with Gasteiger partial charge in [-0.1, -0.05) is 24.0 Å². The molecule has 0 saturated heterocycles. The lowest BCUT2D eigenvalue weighted by atomic mass is 10.1. The summed E-state index contributed by atoms with van der Waals surface area (Å²) in [5.74, 6) is 4.81. The van der Waals surface area contributed by atoms with Crippen molar-refractivity contribution in [1.29, 1.82) is 0 Å². The van der Waals surface area contributed by atoms with Crippen LogP contribution in [-0.2, 0) is 9.53 Å². The molecule has 0 aliphatic heterocycles. The maximum Gasteiger partial charge on any atom is 0.252 e. The Hall–Kier alpha value is -2.36. The Balaban J connectivity index is 2.54. The minimum absolute atomic E-state index is 0.0153.